The number of hydrogen-bond donors (Lipinski definition) is 3. The molecular weight excluding hydrogens is 268 g/mol. The van der Waals surface area contributed by atoms with E-state index in [2.05, 4.69) is 21.2 Å². The fourth-order valence-corrected chi connectivity index (χ4v) is 1.79. The minimum atomic E-state index is -1.12. The zero-order valence-electron chi connectivity index (χ0n) is 10.7. The van der Waals surface area contributed by atoms with Crippen molar-refractivity contribution in [3.63, 3.8) is 0 Å². The van der Waals surface area contributed by atoms with Crippen molar-refractivity contribution in [2.24, 2.45) is 0 Å². The van der Waals surface area contributed by atoms with Gasteiger partial charge in [0.05, 0.1) is 18.8 Å². The third-order valence-corrected chi connectivity index (χ3v) is 2.79. The third-order valence-electron chi connectivity index (χ3n) is 2.79. The Bertz CT molecular complexity index is 536. The van der Waals surface area contributed by atoms with Crippen molar-refractivity contribution in [2.75, 3.05) is 19.6 Å². The summed E-state index contributed by atoms with van der Waals surface area (Å²) in [4.78, 5) is 34.5. The largest absolute Gasteiger partial charge is 0.476 e. The first kappa shape index (κ1) is 13.9. The van der Waals surface area contributed by atoms with Crippen LogP contribution in [0.15, 0.2) is 6.20 Å². The molecule has 2 amide bonds. The van der Waals surface area contributed by atoms with Crippen molar-refractivity contribution >= 4 is 17.8 Å². The van der Waals surface area contributed by atoms with Crippen molar-refractivity contribution in [3.8, 4) is 0 Å². The lowest BCUT2D eigenvalue weighted by atomic mass is 10.1. The SMILES string of the molecule is CC(=O)NNC(=O)CN1CC(n2cc(C(=O)O)nn2)C1. The minimum absolute atomic E-state index is 0.00386. The molecule has 0 atom stereocenters. The molecule has 1 aliphatic rings. The number of amides is 2. The molecule has 2 heterocycles. The molecule has 0 unspecified atom stereocenters. The van der Waals surface area contributed by atoms with E-state index >= 15 is 0 Å². The molecule has 108 valence electrons. The molecule has 2 rings (SSSR count). The highest BCUT2D eigenvalue weighted by Gasteiger charge is 2.30. The fraction of sp³-hybridized carbons (Fsp3) is 0.500. The topological polar surface area (TPSA) is 129 Å². The lowest BCUT2D eigenvalue weighted by molar-refractivity contribution is -0.129. The predicted octanol–water partition coefficient (Wildman–Crippen LogP) is -2.00. The van der Waals surface area contributed by atoms with Crippen LogP contribution >= 0.6 is 0 Å². The van der Waals surface area contributed by atoms with Gasteiger partial charge in [0.1, 0.15) is 0 Å². The van der Waals surface area contributed by atoms with Crippen molar-refractivity contribution < 1.29 is 19.5 Å². The van der Waals surface area contributed by atoms with Crippen LogP contribution in [0.25, 0.3) is 0 Å². The Morgan fingerprint density at radius 1 is 1.40 bits per heavy atom. The monoisotopic (exact) mass is 282 g/mol. The minimum Gasteiger partial charge on any atom is -0.476 e. The first-order chi connectivity index (χ1) is 9.45. The Hall–Kier alpha value is -2.49. The van der Waals surface area contributed by atoms with Gasteiger partial charge in [-0.05, 0) is 0 Å². The average molecular weight is 282 g/mol. The number of carboxylic acids is 1. The van der Waals surface area contributed by atoms with Crippen LogP contribution in [0.3, 0.4) is 0 Å². The first-order valence-electron chi connectivity index (χ1n) is 5.88. The number of aromatic carboxylic acids is 1. The summed E-state index contributed by atoms with van der Waals surface area (Å²) in [7, 11) is 0. The van der Waals surface area contributed by atoms with Crippen LogP contribution in [0.5, 0.6) is 0 Å². The lowest BCUT2D eigenvalue weighted by Crippen LogP contribution is -2.53. The third kappa shape index (κ3) is 3.29. The number of carbonyl (C=O) groups excluding carboxylic acids is 2. The standard InChI is InChI=1S/C10H14N6O4/c1-6(17)11-13-9(18)5-15-2-7(3-15)16-4-8(10(19)20)12-14-16/h4,7H,2-3,5H2,1H3,(H,11,17)(H,13,18)(H,19,20). The summed E-state index contributed by atoms with van der Waals surface area (Å²) in [5, 5.41) is 16.0. The zero-order valence-corrected chi connectivity index (χ0v) is 10.7. The molecule has 0 saturated carbocycles. The molecule has 0 aromatic carbocycles. The number of nitrogens with zero attached hydrogens (tertiary/aromatic N) is 4. The van der Waals surface area contributed by atoms with E-state index in [9.17, 15) is 14.4 Å². The van der Waals surface area contributed by atoms with Gasteiger partial charge in [0.15, 0.2) is 5.69 Å². The second-order valence-electron chi connectivity index (χ2n) is 4.47. The van der Waals surface area contributed by atoms with Gasteiger partial charge in [-0.1, -0.05) is 5.21 Å². The summed E-state index contributed by atoms with van der Waals surface area (Å²) in [6, 6.07) is 0.00386. The van der Waals surface area contributed by atoms with Gasteiger partial charge in [-0.25, -0.2) is 9.48 Å². The van der Waals surface area contributed by atoms with E-state index in [4.69, 9.17) is 5.11 Å². The Morgan fingerprint density at radius 2 is 2.10 bits per heavy atom. The average Bonchev–Trinajstić information content (AvgIpc) is 2.79. The van der Waals surface area contributed by atoms with Crippen LogP contribution in [0.1, 0.15) is 23.5 Å². The maximum Gasteiger partial charge on any atom is 0.358 e. The number of hydrazine groups is 1. The van der Waals surface area contributed by atoms with E-state index in [0.29, 0.717) is 13.1 Å². The predicted molar refractivity (Wildman–Crippen MR) is 64.4 cm³/mol. The van der Waals surface area contributed by atoms with Crippen LogP contribution in [0.4, 0.5) is 0 Å². The molecule has 0 bridgehead atoms. The highest BCUT2D eigenvalue weighted by atomic mass is 16.4. The number of nitrogens with one attached hydrogen (secondary N) is 2. The molecule has 0 aliphatic carbocycles. The number of rotatable bonds is 4. The highest BCUT2D eigenvalue weighted by molar-refractivity contribution is 5.84. The Kier molecular flexibility index (Phi) is 3.94. The summed E-state index contributed by atoms with van der Waals surface area (Å²) in [5.41, 5.74) is 4.36. The normalized spacial score (nSPS) is 15.4. The second-order valence-corrected chi connectivity index (χ2v) is 4.47. The molecular formula is C10H14N6O4. The highest BCUT2D eigenvalue weighted by Crippen LogP contribution is 2.19. The summed E-state index contributed by atoms with van der Waals surface area (Å²) in [5.74, 6) is -1.78. The number of aromatic nitrogens is 3. The Balaban J connectivity index is 1.75. The Morgan fingerprint density at radius 3 is 2.65 bits per heavy atom. The number of carboxylic acid groups (broad SMARTS) is 1. The van der Waals surface area contributed by atoms with Gasteiger partial charge < -0.3 is 5.11 Å². The zero-order chi connectivity index (χ0) is 14.7. The van der Waals surface area contributed by atoms with Gasteiger partial charge in [0, 0.05) is 20.0 Å². The van der Waals surface area contributed by atoms with E-state index in [1.54, 1.807) is 0 Å². The molecule has 10 nitrogen and oxygen atoms in total. The summed E-state index contributed by atoms with van der Waals surface area (Å²) < 4.78 is 1.48. The Labute approximate surface area is 113 Å². The van der Waals surface area contributed by atoms with E-state index < -0.39 is 5.97 Å². The van der Waals surface area contributed by atoms with Gasteiger partial charge >= 0.3 is 5.97 Å². The molecule has 0 spiro atoms. The molecule has 1 aromatic heterocycles. The lowest BCUT2D eigenvalue weighted by Gasteiger charge is -2.38. The molecule has 0 radical (unpaired) electrons. The summed E-state index contributed by atoms with van der Waals surface area (Å²) >= 11 is 0. The van der Waals surface area contributed by atoms with Crippen LogP contribution in [0, 0.1) is 0 Å². The summed E-state index contributed by atoms with van der Waals surface area (Å²) in [6.07, 6.45) is 1.36. The number of carbonyl (C=O) groups is 3. The first-order valence-corrected chi connectivity index (χ1v) is 5.88. The maximum absolute atomic E-state index is 11.4. The number of hydrogen-bond acceptors (Lipinski definition) is 6. The maximum atomic E-state index is 11.4. The van der Waals surface area contributed by atoms with E-state index in [1.807, 2.05) is 4.90 Å². The molecule has 20 heavy (non-hydrogen) atoms. The molecule has 10 heteroatoms. The van der Waals surface area contributed by atoms with E-state index in [-0.39, 0.29) is 30.1 Å². The summed E-state index contributed by atoms with van der Waals surface area (Å²) in [6.45, 7) is 2.58. The van der Waals surface area contributed by atoms with Gasteiger partial charge in [-0.3, -0.25) is 25.3 Å². The van der Waals surface area contributed by atoms with Crippen molar-refractivity contribution in [1.29, 1.82) is 0 Å². The fourth-order valence-electron chi connectivity index (χ4n) is 1.79. The molecule has 3 N–H and O–H groups in total. The van der Waals surface area contributed by atoms with Crippen molar-refractivity contribution in [1.82, 2.24) is 30.7 Å². The van der Waals surface area contributed by atoms with Crippen LogP contribution in [-0.4, -0.2) is 62.4 Å². The van der Waals surface area contributed by atoms with E-state index in [1.165, 1.54) is 17.8 Å². The van der Waals surface area contributed by atoms with E-state index in [0.717, 1.165) is 0 Å². The smallest absolute Gasteiger partial charge is 0.358 e. The van der Waals surface area contributed by atoms with Crippen molar-refractivity contribution in [2.45, 2.75) is 13.0 Å². The molecule has 1 aliphatic heterocycles. The molecule has 1 fully saturated rings. The van der Waals surface area contributed by atoms with Gasteiger partial charge in [0.25, 0.3) is 5.91 Å². The van der Waals surface area contributed by atoms with Gasteiger partial charge in [-0.15, -0.1) is 5.10 Å². The van der Waals surface area contributed by atoms with Crippen molar-refractivity contribution in [3.05, 3.63) is 11.9 Å². The van der Waals surface area contributed by atoms with Crippen LogP contribution in [0.2, 0.25) is 0 Å². The quantitative estimate of drug-likeness (QED) is 0.544. The molecule has 1 saturated heterocycles. The molecule has 1 aromatic rings. The van der Waals surface area contributed by atoms with Gasteiger partial charge in [0.2, 0.25) is 5.91 Å². The van der Waals surface area contributed by atoms with Crippen LogP contribution in [-0.2, 0) is 9.59 Å². The number of likely N-dealkylation sites (tertiary alicyclic amines) is 1. The second kappa shape index (κ2) is 5.65. The van der Waals surface area contributed by atoms with Gasteiger partial charge in [-0.2, -0.15) is 0 Å². The van der Waals surface area contributed by atoms with Crippen LogP contribution < -0.4 is 10.9 Å².